The number of anilines is 1. The van der Waals surface area contributed by atoms with Gasteiger partial charge < -0.3 is 9.88 Å². The summed E-state index contributed by atoms with van der Waals surface area (Å²) in [6, 6.07) is 8.09. The molecule has 4 aromatic rings. The molecule has 3 aromatic heterocycles. The van der Waals surface area contributed by atoms with Crippen LogP contribution in [0.2, 0.25) is 0 Å². The maximum atomic E-state index is 12.5. The molecular weight excluding hydrogens is 354 g/mol. The molecular formula is C20H21N7O. The topological polar surface area (TPSA) is 84.1 Å². The van der Waals surface area contributed by atoms with E-state index in [1.54, 1.807) is 0 Å². The number of nitrogens with zero attached hydrogens (tertiary/aromatic N) is 6. The molecule has 0 radical (unpaired) electrons. The van der Waals surface area contributed by atoms with E-state index in [0.717, 1.165) is 54.3 Å². The summed E-state index contributed by atoms with van der Waals surface area (Å²) in [4.78, 5) is 22.3. The van der Waals surface area contributed by atoms with Crippen molar-refractivity contribution in [1.82, 2.24) is 29.1 Å². The van der Waals surface area contributed by atoms with Gasteiger partial charge in [0.15, 0.2) is 5.82 Å². The predicted octanol–water partition coefficient (Wildman–Crippen LogP) is 2.49. The minimum absolute atomic E-state index is 0.0218. The van der Waals surface area contributed by atoms with Crippen LogP contribution in [0.1, 0.15) is 43.5 Å². The van der Waals surface area contributed by atoms with Gasteiger partial charge in [0.05, 0.1) is 11.0 Å². The van der Waals surface area contributed by atoms with Crippen LogP contribution in [0.15, 0.2) is 41.5 Å². The highest BCUT2D eigenvalue weighted by Gasteiger charge is 2.30. The molecule has 4 heterocycles. The number of hydrogen-bond acceptors (Lipinski definition) is 5. The summed E-state index contributed by atoms with van der Waals surface area (Å²) in [6.45, 7) is 1.68. The molecule has 1 saturated heterocycles. The molecule has 1 saturated carbocycles. The van der Waals surface area contributed by atoms with Crippen molar-refractivity contribution in [3.8, 4) is 0 Å². The highest BCUT2D eigenvalue weighted by molar-refractivity contribution is 5.75. The Morgan fingerprint density at radius 2 is 1.86 bits per heavy atom. The van der Waals surface area contributed by atoms with Crippen molar-refractivity contribution < 1.29 is 0 Å². The Kier molecular flexibility index (Phi) is 3.35. The summed E-state index contributed by atoms with van der Waals surface area (Å²) in [6.07, 6.45) is 7.99. The van der Waals surface area contributed by atoms with Gasteiger partial charge in [0.1, 0.15) is 5.82 Å². The van der Waals surface area contributed by atoms with Crippen LogP contribution < -0.4 is 10.6 Å². The van der Waals surface area contributed by atoms with Gasteiger partial charge >= 0.3 is 5.69 Å². The Morgan fingerprint density at radius 1 is 1.04 bits per heavy atom. The normalized spacial score (nSPS) is 18.4. The fourth-order valence-corrected chi connectivity index (χ4v) is 4.45. The lowest BCUT2D eigenvalue weighted by Crippen LogP contribution is -2.37. The average molecular weight is 375 g/mol. The number of rotatable bonds is 3. The van der Waals surface area contributed by atoms with Crippen LogP contribution in [0.25, 0.3) is 16.7 Å². The standard InChI is InChI=1S/C20H21N7O/c28-20-22-15-3-1-2-4-16(15)27(20)14-7-10-25(11-8-14)18-19-24-23-17(13-5-6-13)26(19)12-9-21-18/h1-4,9,12-14H,5-8,10-11H2,(H,22,28). The van der Waals surface area contributed by atoms with Crippen molar-refractivity contribution >= 4 is 22.5 Å². The van der Waals surface area contributed by atoms with E-state index >= 15 is 0 Å². The Labute approximate surface area is 160 Å². The second-order valence-corrected chi connectivity index (χ2v) is 7.81. The van der Waals surface area contributed by atoms with Crippen LogP contribution in [0.4, 0.5) is 5.82 Å². The molecule has 0 amide bonds. The molecule has 1 aromatic carbocycles. The number of H-pyrrole nitrogens is 1. The van der Waals surface area contributed by atoms with E-state index in [-0.39, 0.29) is 11.7 Å². The molecule has 6 rings (SSSR count). The lowest BCUT2D eigenvalue weighted by molar-refractivity contribution is 0.395. The second kappa shape index (κ2) is 5.92. The highest BCUT2D eigenvalue weighted by atomic mass is 16.1. The molecule has 2 fully saturated rings. The SMILES string of the molecule is O=c1[nH]c2ccccc2n1C1CCN(c2nccn3c(C4CC4)nnc23)CC1. The monoisotopic (exact) mass is 375 g/mol. The van der Waals surface area contributed by atoms with Crippen LogP contribution in [-0.2, 0) is 0 Å². The fraction of sp³-hybridized carbons (Fsp3) is 0.400. The van der Waals surface area contributed by atoms with Gasteiger partial charge in [-0.3, -0.25) is 8.97 Å². The van der Waals surface area contributed by atoms with Crippen LogP contribution >= 0.6 is 0 Å². The zero-order valence-electron chi connectivity index (χ0n) is 15.5. The van der Waals surface area contributed by atoms with Crippen molar-refractivity contribution in [2.75, 3.05) is 18.0 Å². The number of aromatic amines is 1. The molecule has 0 spiro atoms. The molecule has 8 heteroatoms. The number of nitrogens with one attached hydrogen (secondary N) is 1. The Bertz CT molecular complexity index is 1220. The van der Waals surface area contributed by atoms with Crippen molar-refractivity contribution in [1.29, 1.82) is 0 Å². The maximum absolute atomic E-state index is 12.5. The largest absolute Gasteiger partial charge is 0.353 e. The molecule has 1 aliphatic heterocycles. The Balaban J connectivity index is 1.29. The first-order valence-corrected chi connectivity index (χ1v) is 9.93. The summed E-state index contributed by atoms with van der Waals surface area (Å²) in [5.74, 6) is 2.50. The van der Waals surface area contributed by atoms with Crippen LogP contribution in [-0.4, -0.2) is 42.2 Å². The smallest absolute Gasteiger partial charge is 0.326 e. The van der Waals surface area contributed by atoms with Gasteiger partial charge in [-0.05, 0) is 37.8 Å². The first-order chi connectivity index (χ1) is 13.8. The van der Waals surface area contributed by atoms with Gasteiger partial charge in [0.2, 0.25) is 5.65 Å². The fourth-order valence-electron chi connectivity index (χ4n) is 4.45. The third-order valence-corrected chi connectivity index (χ3v) is 6.03. The number of para-hydroxylation sites is 2. The lowest BCUT2D eigenvalue weighted by Gasteiger charge is -2.33. The summed E-state index contributed by atoms with van der Waals surface area (Å²) in [7, 11) is 0. The van der Waals surface area contributed by atoms with Gasteiger partial charge in [0, 0.05) is 37.4 Å². The van der Waals surface area contributed by atoms with E-state index in [1.165, 1.54) is 12.8 Å². The molecule has 1 N–H and O–H groups in total. The maximum Gasteiger partial charge on any atom is 0.326 e. The van der Waals surface area contributed by atoms with Crippen LogP contribution in [0.5, 0.6) is 0 Å². The third-order valence-electron chi connectivity index (χ3n) is 6.03. The number of fused-ring (bicyclic) bond motifs is 2. The van der Waals surface area contributed by atoms with Crippen molar-refractivity contribution in [2.45, 2.75) is 37.6 Å². The highest BCUT2D eigenvalue weighted by Crippen LogP contribution is 2.39. The number of hydrogen-bond donors (Lipinski definition) is 1. The van der Waals surface area contributed by atoms with Gasteiger partial charge in [0.25, 0.3) is 0 Å². The van der Waals surface area contributed by atoms with Gasteiger partial charge in [-0.15, -0.1) is 10.2 Å². The van der Waals surface area contributed by atoms with E-state index in [1.807, 2.05) is 41.2 Å². The molecule has 28 heavy (non-hydrogen) atoms. The van der Waals surface area contributed by atoms with E-state index in [2.05, 4.69) is 29.5 Å². The summed E-state index contributed by atoms with van der Waals surface area (Å²) in [5, 5.41) is 8.84. The zero-order chi connectivity index (χ0) is 18.7. The van der Waals surface area contributed by atoms with E-state index < -0.39 is 0 Å². The minimum atomic E-state index is -0.0218. The Morgan fingerprint density at radius 3 is 2.68 bits per heavy atom. The zero-order valence-corrected chi connectivity index (χ0v) is 15.5. The molecule has 0 unspecified atom stereocenters. The minimum Gasteiger partial charge on any atom is -0.353 e. The Hall–Kier alpha value is -3.16. The molecule has 0 bridgehead atoms. The van der Waals surface area contributed by atoms with Crippen LogP contribution in [0, 0.1) is 0 Å². The van der Waals surface area contributed by atoms with Gasteiger partial charge in [-0.25, -0.2) is 9.78 Å². The molecule has 2 aliphatic rings. The third kappa shape index (κ3) is 2.37. The van der Waals surface area contributed by atoms with E-state index in [0.29, 0.717) is 5.92 Å². The number of benzene rings is 1. The quantitative estimate of drug-likeness (QED) is 0.595. The summed E-state index contributed by atoms with van der Waals surface area (Å²) in [5.41, 5.74) is 2.70. The first kappa shape index (κ1) is 15.9. The molecule has 142 valence electrons. The number of piperidine rings is 1. The van der Waals surface area contributed by atoms with Crippen molar-refractivity contribution in [3.05, 3.63) is 53.0 Å². The summed E-state index contributed by atoms with van der Waals surface area (Å²) < 4.78 is 4.01. The number of imidazole rings is 1. The second-order valence-electron chi connectivity index (χ2n) is 7.81. The lowest BCUT2D eigenvalue weighted by atomic mass is 10.0. The van der Waals surface area contributed by atoms with E-state index in [4.69, 9.17) is 0 Å². The summed E-state index contributed by atoms with van der Waals surface area (Å²) >= 11 is 0. The predicted molar refractivity (Wildman–Crippen MR) is 106 cm³/mol. The van der Waals surface area contributed by atoms with Crippen molar-refractivity contribution in [3.63, 3.8) is 0 Å². The van der Waals surface area contributed by atoms with Crippen LogP contribution in [0.3, 0.4) is 0 Å². The molecule has 1 aliphatic carbocycles. The first-order valence-electron chi connectivity index (χ1n) is 9.93. The van der Waals surface area contributed by atoms with E-state index in [9.17, 15) is 4.79 Å². The van der Waals surface area contributed by atoms with Crippen molar-refractivity contribution in [2.24, 2.45) is 0 Å². The average Bonchev–Trinajstić information content (AvgIpc) is 3.38. The van der Waals surface area contributed by atoms with Gasteiger partial charge in [-0.1, -0.05) is 12.1 Å². The molecule has 0 atom stereocenters. The molecule has 8 nitrogen and oxygen atoms in total. The number of aromatic nitrogens is 6. The van der Waals surface area contributed by atoms with Gasteiger partial charge in [-0.2, -0.15) is 0 Å².